The predicted octanol–water partition coefficient (Wildman–Crippen LogP) is 9.70. The van der Waals surface area contributed by atoms with Crippen LogP contribution >= 0.6 is 0 Å². The fraction of sp³-hybridized carbons (Fsp3) is 0.919. The number of rotatable bonds is 33. The third-order valence-corrected chi connectivity index (χ3v) is 8.62. The molecular formula is C37H73NO4. The second-order valence-electron chi connectivity index (χ2n) is 12.8. The lowest BCUT2D eigenvalue weighted by atomic mass is 10.0. The molecule has 0 heterocycles. The molecule has 5 heteroatoms. The van der Waals surface area contributed by atoms with Gasteiger partial charge in [0.05, 0.1) is 18.8 Å². The molecule has 1 amide bonds. The van der Waals surface area contributed by atoms with Gasteiger partial charge >= 0.3 is 0 Å². The van der Waals surface area contributed by atoms with Gasteiger partial charge in [0.25, 0.3) is 0 Å². The smallest absolute Gasteiger partial charge is 0.220 e. The molecule has 0 radical (unpaired) electrons. The van der Waals surface area contributed by atoms with Crippen LogP contribution in [0, 0.1) is 0 Å². The first-order valence-corrected chi connectivity index (χ1v) is 18.5. The van der Waals surface area contributed by atoms with Crippen molar-refractivity contribution >= 4 is 5.91 Å². The predicted molar refractivity (Wildman–Crippen MR) is 181 cm³/mol. The van der Waals surface area contributed by atoms with Crippen molar-refractivity contribution in [1.29, 1.82) is 0 Å². The molecule has 250 valence electrons. The molecule has 0 rings (SSSR count). The van der Waals surface area contributed by atoms with Crippen molar-refractivity contribution in [3.05, 3.63) is 12.2 Å². The molecule has 0 bridgehead atoms. The quantitative estimate of drug-likeness (QED) is 0.0449. The Morgan fingerprint density at radius 3 is 1.38 bits per heavy atom. The molecule has 0 aliphatic carbocycles. The Bertz CT molecular complexity index is 582. The van der Waals surface area contributed by atoms with E-state index in [-0.39, 0.29) is 12.5 Å². The normalized spacial score (nSPS) is 13.9. The highest BCUT2D eigenvalue weighted by atomic mass is 16.3. The number of allylic oxidation sites excluding steroid dienone is 2. The largest absolute Gasteiger partial charge is 0.394 e. The molecule has 0 aromatic carbocycles. The van der Waals surface area contributed by atoms with Gasteiger partial charge in [0.1, 0.15) is 6.10 Å². The summed E-state index contributed by atoms with van der Waals surface area (Å²) in [5.74, 6) is -0.154. The highest BCUT2D eigenvalue weighted by Crippen LogP contribution is 2.15. The van der Waals surface area contributed by atoms with Crippen molar-refractivity contribution in [3.63, 3.8) is 0 Å². The zero-order chi connectivity index (χ0) is 30.9. The number of carbonyl (C=O) groups excluding carboxylic acids is 1. The van der Waals surface area contributed by atoms with E-state index in [2.05, 4.69) is 31.3 Å². The van der Waals surface area contributed by atoms with Gasteiger partial charge in [-0.25, -0.2) is 0 Å². The van der Waals surface area contributed by atoms with E-state index in [0.717, 1.165) is 38.5 Å². The average molecular weight is 596 g/mol. The summed E-state index contributed by atoms with van der Waals surface area (Å²) in [6.45, 7) is 4.13. The van der Waals surface area contributed by atoms with Gasteiger partial charge in [0.2, 0.25) is 5.91 Å². The van der Waals surface area contributed by atoms with Crippen molar-refractivity contribution in [1.82, 2.24) is 5.32 Å². The van der Waals surface area contributed by atoms with Crippen LogP contribution < -0.4 is 5.32 Å². The fourth-order valence-corrected chi connectivity index (χ4v) is 5.69. The van der Waals surface area contributed by atoms with E-state index >= 15 is 0 Å². The van der Waals surface area contributed by atoms with Crippen LogP contribution in [0.1, 0.15) is 194 Å². The highest BCUT2D eigenvalue weighted by molar-refractivity contribution is 5.76. The summed E-state index contributed by atoms with van der Waals surface area (Å²) < 4.78 is 0. The first-order chi connectivity index (χ1) is 20.6. The lowest BCUT2D eigenvalue weighted by Crippen LogP contribution is -2.50. The van der Waals surface area contributed by atoms with Gasteiger partial charge in [-0.15, -0.1) is 0 Å². The third kappa shape index (κ3) is 27.9. The van der Waals surface area contributed by atoms with E-state index in [4.69, 9.17) is 0 Å². The summed E-state index contributed by atoms with van der Waals surface area (Å²) in [7, 11) is 0. The van der Waals surface area contributed by atoms with Crippen molar-refractivity contribution < 1.29 is 20.1 Å². The lowest BCUT2D eigenvalue weighted by Gasteiger charge is -2.26. The number of aliphatic hydroxyl groups excluding tert-OH is 3. The minimum atomic E-state index is -1.15. The number of aliphatic hydroxyl groups is 3. The first-order valence-electron chi connectivity index (χ1n) is 18.5. The van der Waals surface area contributed by atoms with Gasteiger partial charge in [-0.2, -0.15) is 0 Å². The Balaban J connectivity index is 3.65. The molecule has 42 heavy (non-hydrogen) atoms. The van der Waals surface area contributed by atoms with Crippen LogP contribution in [-0.2, 0) is 4.79 Å². The maximum absolute atomic E-state index is 12.3. The van der Waals surface area contributed by atoms with Crippen LogP contribution in [0.15, 0.2) is 12.2 Å². The zero-order valence-electron chi connectivity index (χ0n) is 28.1. The number of unbranched alkanes of at least 4 members (excludes halogenated alkanes) is 23. The summed E-state index contributed by atoms with van der Waals surface area (Å²) in [6, 6.07) is -0.818. The standard InChI is InChI=1S/C37H73NO4/c1-3-5-7-9-11-13-15-16-17-18-19-20-21-22-24-26-28-30-32-36(41)38-34(33-39)37(42)35(40)31-29-27-25-23-14-12-10-8-6-4-2/h23,25,34-35,37,39-40,42H,3-22,24,26-33H2,1-2H3,(H,38,41)/b25-23+. The van der Waals surface area contributed by atoms with Gasteiger partial charge in [-0.1, -0.05) is 161 Å². The Morgan fingerprint density at radius 2 is 0.952 bits per heavy atom. The minimum Gasteiger partial charge on any atom is -0.394 e. The van der Waals surface area contributed by atoms with E-state index in [1.54, 1.807) is 0 Å². The number of nitrogens with one attached hydrogen (secondary N) is 1. The molecular weight excluding hydrogens is 522 g/mol. The SMILES string of the molecule is CCCCCCC/C=C/CCCC(O)C(O)C(CO)NC(=O)CCCCCCCCCCCCCCCCCCCC. The number of carbonyl (C=O) groups is 1. The molecule has 0 spiro atoms. The van der Waals surface area contributed by atoms with E-state index in [1.165, 1.54) is 128 Å². The van der Waals surface area contributed by atoms with Gasteiger partial charge in [-0.05, 0) is 38.5 Å². The van der Waals surface area contributed by atoms with E-state index in [1.807, 2.05) is 0 Å². The molecule has 4 N–H and O–H groups in total. The summed E-state index contributed by atoms with van der Waals surface area (Å²) in [5.41, 5.74) is 0. The summed E-state index contributed by atoms with van der Waals surface area (Å²) >= 11 is 0. The molecule has 0 saturated carbocycles. The maximum Gasteiger partial charge on any atom is 0.220 e. The van der Waals surface area contributed by atoms with E-state index in [0.29, 0.717) is 12.8 Å². The van der Waals surface area contributed by atoms with Crippen molar-refractivity contribution in [2.45, 2.75) is 212 Å². The second kappa shape index (κ2) is 33.0. The number of hydrogen-bond donors (Lipinski definition) is 4. The van der Waals surface area contributed by atoms with E-state index < -0.39 is 18.2 Å². The lowest BCUT2D eigenvalue weighted by molar-refractivity contribution is -0.124. The molecule has 0 aliphatic rings. The summed E-state index contributed by atoms with van der Waals surface area (Å²) in [4.78, 5) is 12.3. The molecule has 0 aliphatic heterocycles. The summed E-state index contributed by atoms with van der Waals surface area (Å²) in [5, 5.41) is 33.2. The molecule has 0 aromatic rings. The minimum absolute atomic E-state index is 0.154. The van der Waals surface area contributed by atoms with Crippen molar-refractivity contribution in [2.75, 3.05) is 6.61 Å². The van der Waals surface area contributed by atoms with Crippen LogP contribution in [0.4, 0.5) is 0 Å². The monoisotopic (exact) mass is 596 g/mol. The van der Waals surface area contributed by atoms with Gasteiger partial charge in [0.15, 0.2) is 0 Å². The molecule has 3 atom stereocenters. The fourth-order valence-electron chi connectivity index (χ4n) is 5.69. The van der Waals surface area contributed by atoms with Gasteiger partial charge in [0, 0.05) is 6.42 Å². The van der Waals surface area contributed by atoms with Crippen molar-refractivity contribution in [2.24, 2.45) is 0 Å². The van der Waals surface area contributed by atoms with Gasteiger partial charge in [-0.3, -0.25) is 4.79 Å². The van der Waals surface area contributed by atoms with Crippen LogP contribution in [-0.4, -0.2) is 46.1 Å². The molecule has 0 saturated heterocycles. The molecule has 0 aromatic heterocycles. The Hall–Kier alpha value is -0.910. The van der Waals surface area contributed by atoms with Crippen molar-refractivity contribution in [3.8, 4) is 0 Å². The maximum atomic E-state index is 12.3. The number of hydrogen-bond acceptors (Lipinski definition) is 4. The highest BCUT2D eigenvalue weighted by Gasteiger charge is 2.26. The number of amides is 1. The van der Waals surface area contributed by atoms with Gasteiger partial charge < -0.3 is 20.6 Å². The Morgan fingerprint density at radius 1 is 0.571 bits per heavy atom. The van der Waals surface area contributed by atoms with Crippen LogP contribution in [0.3, 0.4) is 0 Å². The topological polar surface area (TPSA) is 89.8 Å². The summed E-state index contributed by atoms with van der Waals surface area (Å²) in [6.07, 6.45) is 36.0. The Labute approximate surface area is 261 Å². The molecule has 3 unspecified atom stereocenters. The van der Waals surface area contributed by atoms with Crippen LogP contribution in [0.25, 0.3) is 0 Å². The van der Waals surface area contributed by atoms with Crippen LogP contribution in [0.5, 0.6) is 0 Å². The zero-order valence-corrected chi connectivity index (χ0v) is 28.1. The average Bonchev–Trinajstić information content (AvgIpc) is 2.99. The Kier molecular flexibility index (Phi) is 32.3. The van der Waals surface area contributed by atoms with Crippen LogP contribution in [0.2, 0.25) is 0 Å². The first kappa shape index (κ1) is 41.1. The molecule has 0 fully saturated rings. The van der Waals surface area contributed by atoms with E-state index in [9.17, 15) is 20.1 Å². The second-order valence-corrected chi connectivity index (χ2v) is 12.8. The third-order valence-electron chi connectivity index (χ3n) is 8.62. The molecule has 5 nitrogen and oxygen atoms in total.